The molecule has 1 aromatic heterocycles. The van der Waals surface area contributed by atoms with E-state index in [0.717, 1.165) is 28.0 Å². The summed E-state index contributed by atoms with van der Waals surface area (Å²) in [6, 6.07) is 27.3. The van der Waals surface area contributed by atoms with E-state index in [2.05, 4.69) is 5.32 Å². The van der Waals surface area contributed by atoms with E-state index in [4.69, 9.17) is 9.72 Å². The van der Waals surface area contributed by atoms with Gasteiger partial charge in [-0.15, -0.1) is 0 Å². The van der Waals surface area contributed by atoms with Crippen LogP contribution in [-0.2, 0) is 6.54 Å². The summed E-state index contributed by atoms with van der Waals surface area (Å²) in [6.45, 7) is 0.442. The molecule has 0 aliphatic rings. The summed E-state index contributed by atoms with van der Waals surface area (Å²) in [5.74, 6) is 0.654. The first-order valence-electron chi connectivity index (χ1n) is 9.11. The highest BCUT2D eigenvalue weighted by molar-refractivity contribution is 6.05. The van der Waals surface area contributed by atoms with Crippen LogP contribution in [0.3, 0.4) is 0 Å². The number of amides is 1. The fourth-order valence-corrected chi connectivity index (χ4v) is 3.12. The van der Waals surface area contributed by atoms with Gasteiger partial charge in [-0.2, -0.15) is 0 Å². The van der Waals surface area contributed by atoms with Gasteiger partial charge in [-0.25, -0.2) is 4.98 Å². The van der Waals surface area contributed by atoms with Crippen molar-refractivity contribution in [1.82, 2.24) is 10.3 Å². The lowest BCUT2D eigenvalue weighted by Crippen LogP contribution is -2.23. The molecule has 0 saturated carbocycles. The second kappa shape index (κ2) is 7.92. The molecule has 1 amide bonds. The molecule has 4 rings (SSSR count). The van der Waals surface area contributed by atoms with E-state index < -0.39 is 0 Å². The Kier molecular flexibility index (Phi) is 5.02. The van der Waals surface area contributed by atoms with Crippen LogP contribution < -0.4 is 10.1 Å². The number of hydrogen-bond acceptors (Lipinski definition) is 3. The molecule has 4 aromatic rings. The molecule has 3 aromatic carbocycles. The first-order chi connectivity index (χ1) is 13.7. The van der Waals surface area contributed by atoms with Crippen molar-refractivity contribution >= 4 is 16.8 Å². The Labute approximate surface area is 163 Å². The van der Waals surface area contributed by atoms with Crippen molar-refractivity contribution in [1.29, 1.82) is 0 Å². The molecule has 0 saturated heterocycles. The maximum absolute atomic E-state index is 12.8. The largest absolute Gasteiger partial charge is 0.497 e. The predicted octanol–water partition coefficient (Wildman–Crippen LogP) is 4.84. The number of aromatic nitrogens is 1. The van der Waals surface area contributed by atoms with E-state index in [1.807, 2.05) is 84.9 Å². The van der Waals surface area contributed by atoms with Crippen LogP contribution in [0.4, 0.5) is 0 Å². The highest BCUT2D eigenvalue weighted by atomic mass is 16.5. The molecule has 0 atom stereocenters. The Morgan fingerprint density at radius 1 is 0.893 bits per heavy atom. The molecule has 0 unspecified atom stereocenters. The smallest absolute Gasteiger partial charge is 0.253 e. The molecule has 4 nitrogen and oxygen atoms in total. The topological polar surface area (TPSA) is 51.2 Å². The minimum Gasteiger partial charge on any atom is -0.497 e. The predicted molar refractivity (Wildman–Crippen MR) is 111 cm³/mol. The van der Waals surface area contributed by atoms with Crippen LogP contribution in [0.1, 0.15) is 15.9 Å². The first-order valence-corrected chi connectivity index (χ1v) is 9.11. The van der Waals surface area contributed by atoms with Gasteiger partial charge in [0.05, 0.1) is 23.9 Å². The first kappa shape index (κ1) is 17.7. The molecule has 28 heavy (non-hydrogen) atoms. The minimum atomic E-state index is -0.140. The van der Waals surface area contributed by atoms with Crippen molar-refractivity contribution in [2.24, 2.45) is 0 Å². The van der Waals surface area contributed by atoms with E-state index >= 15 is 0 Å². The Hall–Kier alpha value is -3.66. The summed E-state index contributed by atoms with van der Waals surface area (Å²) < 4.78 is 5.16. The number of ether oxygens (including phenoxy) is 1. The molecule has 0 spiro atoms. The van der Waals surface area contributed by atoms with E-state index in [9.17, 15) is 4.79 Å². The van der Waals surface area contributed by atoms with Gasteiger partial charge in [0.15, 0.2) is 0 Å². The molecular formula is C24H20N2O2. The third-order valence-corrected chi connectivity index (χ3v) is 4.65. The zero-order valence-electron chi connectivity index (χ0n) is 15.6. The van der Waals surface area contributed by atoms with Crippen LogP contribution >= 0.6 is 0 Å². The van der Waals surface area contributed by atoms with Crippen molar-refractivity contribution in [3.05, 3.63) is 96.1 Å². The van der Waals surface area contributed by atoms with Crippen LogP contribution in [0, 0.1) is 0 Å². The quantitative estimate of drug-likeness (QED) is 0.548. The van der Waals surface area contributed by atoms with Gasteiger partial charge in [0.25, 0.3) is 5.91 Å². The fraction of sp³-hybridized carbons (Fsp3) is 0.0833. The van der Waals surface area contributed by atoms with Gasteiger partial charge in [-0.05, 0) is 29.8 Å². The molecule has 4 heteroatoms. The molecule has 0 radical (unpaired) electrons. The fourth-order valence-electron chi connectivity index (χ4n) is 3.12. The molecule has 138 valence electrons. The molecular weight excluding hydrogens is 348 g/mol. The van der Waals surface area contributed by atoms with Crippen LogP contribution in [0.2, 0.25) is 0 Å². The number of carbonyl (C=O) groups excluding carboxylic acids is 1. The highest BCUT2D eigenvalue weighted by Gasteiger charge is 2.12. The van der Waals surface area contributed by atoms with E-state index in [-0.39, 0.29) is 5.91 Å². The van der Waals surface area contributed by atoms with Gasteiger partial charge >= 0.3 is 0 Å². The number of para-hydroxylation sites is 1. The summed E-state index contributed by atoms with van der Waals surface area (Å²) in [7, 11) is 1.63. The monoisotopic (exact) mass is 368 g/mol. The molecule has 0 fully saturated rings. The minimum absolute atomic E-state index is 0.140. The summed E-state index contributed by atoms with van der Waals surface area (Å²) in [6.07, 6.45) is 0. The Balaban J connectivity index is 1.60. The summed E-state index contributed by atoms with van der Waals surface area (Å²) in [5.41, 5.74) is 4.16. The second-order valence-electron chi connectivity index (χ2n) is 6.47. The number of fused-ring (bicyclic) bond motifs is 1. The zero-order chi connectivity index (χ0) is 19.3. The molecule has 0 aliphatic heterocycles. The normalized spacial score (nSPS) is 10.6. The molecule has 1 N–H and O–H groups in total. The van der Waals surface area contributed by atoms with Crippen LogP contribution in [0.15, 0.2) is 84.9 Å². The Morgan fingerprint density at radius 3 is 2.43 bits per heavy atom. The van der Waals surface area contributed by atoms with E-state index in [0.29, 0.717) is 17.6 Å². The average molecular weight is 368 g/mol. The van der Waals surface area contributed by atoms with Crippen LogP contribution in [-0.4, -0.2) is 18.0 Å². The SMILES string of the molecule is COc1ccc(CNC(=O)c2cccc3ccc(-c4ccccc4)nc23)cc1. The number of hydrogen-bond donors (Lipinski definition) is 1. The number of benzene rings is 3. The van der Waals surface area contributed by atoms with Crippen molar-refractivity contribution in [2.75, 3.05) is 7.11 Å². The van der Waals surface area contributed by atoms with Crippen molar-refractivity contribution < 1.29 is 9.53 Å². The van der Waals surface area contributed by atoms with Gasteiger partial charge in [0, 0.05) is 17.5 Å². The van der Waals surface area contributed by atoms with Gasteiger partial charge in [-0.1, -0.05) is 60.7 Å². The number of nitrogens with one attached hydrogen (secondary N) is 1. The van der Waals surface area contributed by atoms with Crippen molar-refractivity contribution in [3.63, 3.8) is 0 Å². The van der Waals surface area contributed by atoms with Gasteiger partial charge < -0.3 is 10.1 Å². The highest BCUT2D eigenvalue weighted by Crippen LogP contribution is 2.23. The number of pyridine rings is 1. The molecule has 1 heterocycles. The van der Waals surface area contributed by atoms with Gasteiger partial charge in [0.1, 0.15) is 5.75 Å². The molecule has 0 aliphatic carbocycles. The van der Waals surface area contributed by atoms with Gasteiger partial charge in [-0.3, -0.25) is 4.79 Å². The van der Waals surface area contributed by atoms with Gasteiger partial charge in [0.2, 0.25) is 0 Å². The third-order valence-electron chi connectivity index (χ3n) is 4.65. The maximum atomic E-state index is 12.8. The Morgan fingerprint density at radius 2 is 1.68 bits per heavy atom. The van der Waals surface area contributed by atoms with E-state index in [1.165, 1.54) is 0 Å². The van der Waals surface area contributed by atoms with Crippen molar-refractivity contribution in [2.45, 2.75) is 6.54 Å². The lowest BCUT2D eigenvalue weighted by molar-refractivity contribution is 0.0952. The van der Waals surface area contributed by atoms with Crippen LogP contribution in [0.25, 0.3) is 22.2 Å². The maximum Gasteiger partial charge on any atom is 0.253 e. The summed E-state index contributed by atoms with van der Waals surface area (Å²) in [4.78, 5) is 17.6. The zero-order valence-corrected chi connectivity index (χ0v) is 15.6. The third kappa shape index (κ3) is 3.71. The average Bonchev–Trinajstić information content (AvgIpc) is 2.77. The summed E-state index contributed by atoms with van der Waals surface area (Å²) >= 11 is 0. The number of carbonyl (C=O) groups is 1. The van der Waals surface area contributed by atoms with Crippen molar-refractivity contribution in [3.8, 4) is 17.0 Å². The standard InChI is InChI=1S/C24H20N2O2/c1-28-20-13-10-17(11-14-20)16-25-24(27)21-9-5-8-19-12-15-22(26-23(19)21)18-6-3-2-4-7-18/h2-15H,16H2,1H3,(H,25,27). The second-order valence-corrected chi connectivity index (χ2v) is 6.47. The summed E-state index contributed by atoms with van der Waals surface area (Å²) in [5, 5.41) is 3.93. The van der Waals surface area contributed by atoms with Crippen LogP contribution in [0.5, 0.6) is 5.75 Å². The van der Waals surface area contributed by atoms with E-state index in [1.54, 1.807) is 7.11 Å². The Bertz CT molecular complexity index is 1110. The lowest BCUT2D eigenvalue weighted by Gasteiger charge is -2.10. The number of rotatable bonds is 5. The number of nitrogens with zero attached hydrogens (tertiary/aromatic N) is 1. The number of methoxy groups -OCH3 is 1. The lowest BCUT2D eigenvalue weighted by atomic mass is 10.1. The molecule has 0 bridgehead atoms.